The van der Waals surface area contributed by atoms with E-state index in [1.807, 2.05) is 12.2 Å². The molecule has 0 aromatic rings. The molecule has 1 aliphatic carbocycles. The third-order valence-corrected chi connectivity index (χ3v) is 7.42. The number of aliphatic hydroxyl groups is 1. The summed E-state index contributed by atoms with van der Waals surface area (Å²) >= 11 is 0. The van der Waals surface area contributed by atoms with Crippen molar-refractivity contribution in [1.29, 1.82) is 0 Å². The summed E-state index contributed by atoms with van der Waals surface area (Å²) in [5, 5.41) is 12.7. The van der Waals surface area contributed by atoms with Gasteiger partial charge >= 0.3 is 5.97 Å². The Labute approximate surface area is 198 Å². The summed E-state index contributed by atoms with van der Waals surface area (Å²) in [6.45, 7) is 0.822. The first kappa shape index (κ1) is 25.7. The number of esters is 1. The molecular weight excluding hydrogens is 420 g/mol. The molecule has 2 aliphatic heterocycles. The molecule has 7 heteroatoms. The molecule has 3 rings (SSSR count). The first-order valence-corrected chi connectivity index (χ1v) is 13.1. The van der Waals surface area contributed by atoms with E-state index in [-0.39, 0.29) is 49.5 Å². The van der Waals surface area contributed by atoms with Gasteiger partial charge in [-0.2, -0.15) is 0 Å². The lowest BCUT2D eigenvalue weighted by Gasteiger charge is -2.29. The molecule has 1 saturated carbocycles. The van der Waals surface area contributed by atoms with Crippen molar-refractivity contribution in [3.63, 3.8) is 0 Å². The summed E-state index contributed by atoms with van der Waals surface area (Å²) in [5.41, 5.74) is 0. The fraction of sp³-hybridized carbons (Fsp3) is 0.808. The second kappa shape index (κ2) is 13.7. The Balaban J connectivity index is 1.68. The van der Waals surface area contributed by atoms with E-state index in [1.54, 1.807) is 4.90 Å². The molecule has 0 spiro atoms. The summed E-state index contributed by atoms with van der Waals surface area (Å²) in [4.78, 5) is 40.2. The van der Waals surface area contributed by atoms with E-state index in [4.69, 9.17) is 4.74 Å². The molecule has 0 bridgehead atoms. The van der Waals surface area contributed by atoms with E-state index in [9.17, 15) is 19.5 Å². The van der Waals surface area contributed by atoms with E-state index >= 15 is 0 Å². The molecule has 2 N–H and O–H groups in total. The van der Waals surface area contributed by atoms with Crippen molar-refractivity contribution in [3.05, 3.63) is 12.2 Å². The van der Waals surface area contributed by atoms with Gasteiger partial charge < -0.3 is 20.1 Å². The number of likely N-dealkylation sites (tertiary alicyclic amines) is 1. The van der Waals surface area contributed by atoms with Gasteiger partial charge in [0.15, 0.2) is 0 Å². The lowest BCUT2D eigenvalue weighted by atomic mass is 9.84. The zero-order valence-corrected chi connectivity index (χ0v) is 20.0. The molecule has 33 heavy (non-hydrogen) atoms. The van der Waals surface area contributed by atoms with Crippen molar-refractivity contribution in [3.8, 4) is 0 Å². The first-order chi connectivity index (χ1) is 16.1. The number of aliphatic hydroxyl groups excluding tert-OH is 1. The quantitative estimate of drug-likeness (QED) is 0.482. The predicted molar refractivity (Wildman–Crippen MR) is 126 cm³/mol. The van der Waals surface area contributed by atoms with Crippen LogP contribution in [0.2, 0.25) is 0 Å². The Kier molecular flexibility index (Phi) is 10.7. The topological polar surface area (TPSA) is 95.9 Å². The minimum Gasteiger partial charge on any atom is -0.463 e. The number of ether oxygens (including phenoxy) is 1. The van der Waals surface area contributed by atoms with Gasteiger partial charge in [-0.15, -0.1) is 0 Å². The lowest BCUT2D eigenvalue weighted by molar-refractivity contribution is -0.145. The van der Waals surface area contributed by atoms with Gasteiger partial charge in [-0.05, 0) is 50.9 Å². The van der Waals surface area contributed by atoms with Gasteiger partial charge in [-0.3, -0.25) is 14.4 Å². The van der Waals surface area contributed by atoms with Crippen molar-refractivity contribution in [1.82, 2.24) is 10.2 Å². The highest BCUT2D eigenvalue weighted by atomic mass is 16.5. The fourth-order valence-electron chi connectivity index (χ4n) is 5.45. The number of carbonyl (C=O) groups is 3. The number of amides is 2. The molecule has 0 radical (unpaired) electrons. The molecule has 3 unspecified atom stereocenters. The Hall–Kier alpha value is -1.89. The smallest absolute Gasteiger partial charge is 0.305 e. The lowest BCUT2D eigenvalue weighted by Crippen LogP contribution is -2.45. The van der Waals surface area contributed by atoms with Crippen LogP contribution in [0.1, 0.15) is 89.9 Å². The molecular formula is C26H42N2O5. The van der Waals surface area contributed by atoms with Crippen LogP contribution < -0.4 is 5.32 Å². The summed E-state index contributed by atoms with van der Waals surface area (Å²) in [7, 11) is 0. The van der Waals surface area contributed by atoms with E-state index in [2.05, 4.69) is 5.32 Å². The Bertz CT molecular complexity index is 674. The molecule has 7 nitrogen and oxygen atoms in total. The van der Waals surface area contributed by atoms with Gasteiger partial charge in [-0.25, -0.2) is 0 Å². The Morgan fingerprint density at radius 1 is 1.06 bits per heavy atom. The van der Waals surface area contributed by atoms with Crippen molar-refractivity contribution >= 4 is 17.8 Å². The van der Waals surface area contributed by atoms with Gasteiger partial charge in [0.2, 0.25) is 11.8 Å². The third kappa shape index (κ3) is 8.43. The minimum atomic E-state index is -0.457. The summed E-state index contributed by atoms with van der Waals surface area (Å²) < 4.78 is 5.54. The highest BCUT2D eigenvalue weighted by molar-refractivity contribution is 5.86. The number of carbonyl (C=O) groups excluding carboxylic acids is 3. The summed E-state index contributed by atoms with van der Waals surface area (Å²) in [5.74, 6) is -0.314. The van der Waals surface area contributed by atoms with E-state index in [0.29, 0.717) is 25.3 Å². The van der Waals surface area contributed by atoms with Crippen LogP contribution in [0.25, 0.3) is 0 Å². The van der Waals surface area contributed by atoms with Crippen LogP contribution in [-0.2, 0) is 19.1 Å². The summed E-state index contributed by atoms with van der Waals surface area (Å²) in [6.07, 6.45) is 16.2. The SMILES string of the molecule is O=C1CCCCC=CCC(CC(=O)N2CCCC2CO)C(=O)NC(CC2CCCCC2)CO1. The fourth-order valence-corrected chi connectivity index (χ4v) is 5.45. The Morgan fingerprint density at radius 3 is 2.67 bits per heavy atom. The average molecular weight is 463 g/mol. The second-order valence-corrected chi connectivity index (χ2v) is 10.0. The maximum atomic E-state index is 13.3. The Morgan fingerprint density at radius 2 is 1.88 bits per heavy atom. The van der Waals surface area contributed by atoms with Crippen LogP contribution in [0.5, 0.6) is 0 Å². The molecule has 2 fully saturated rings. The number of hydrogen-bond donors (Lipinski definition) is 2. The number of cyclic esters (lactones) is 1. The van der Waals surface area contributed by atoms with Crippen LogP contribution >= 0.6 is 0 Å². The standard InChI is InChI=1S/C26H42N2O5/c29-18-23-13-9-15-28(23)24(30)17-21-12-7-2-1-3-8-14-25(31)33-19-22(27-26(21)32)16-20-10-5-4-6-11-20/h2,7,20-23,29H,1,3-6,8-19H2,(H,27,32). The van der Waals surface area contributed by atoms with Gasteiger partial charge in [0.05, 0.1) is 24.6 Å². The van der Waals surface area contributed by atoms with Crippen LogP contribution in [-0.4, -0.2) is 59.6 Å². The highest BCUT2D eigenvalue weighted by Crippen LogP contribution is 2.28. The van der Waals surface area contributed by atoms with Gasteiger partial charge in [0.1, 0.15) is 6.61 Å². The number of allylic oxidation sites excluding steroid dienone is 2. The summed E-state index contributed by atoms with van der Waals surface area (Å²) in [6, 6.07) is -0.348. The van der Waals surface area contributed by atoms with Crippen molar-refractivity contribution in [2.45, 2.75) is 102 Å². The number of hydrogen-bond acceptors (Lipinski definition) is 5. The van der Waals surface area contributed by atoms with Crippen LogP contribution in [0.15, 0.2) is 12.2 Å². The third-order valence-electron chi connectivity index (χ3n) is 7.42. The maximum absolute atomic E-state index is 13.3. The normalized spacial score (nSPS) is 28.8. The molecule has 2 heterocycles. The second-order valence-electron chi connectivity index (χ2n) is 10.0. The minimum absolute atomic E-state index is 0.0304. The van der Waals surface area contributed by atoms with Crippen LogP contribution in [0.4, 0.5) is 0 Å². The van der Waals surface area contributed by atoms with E-state index < -0.39 is 5.92 Å². The largest absolute Gasteiger partial charge is 0.463 e. The van der Waals surface area contributed by atoms with Crippen LogP contribution in [0, 0.1) is 11.8 Å². The number of nitrogens with zero attached hydrogens (tertiary/aromatic N) is 1. The van der Waals surface area contributed by atoms with Crippen molar-refractivity contribution in [2.75, 3.05) is 19.8 Å². The van der Waals surface area contributed by atoms with E-state index in [1.165, 1.54) is 19.3 Å². The van der Waals surface area contributed by atoms with Gasteiger partial charge in [0.25, 0.3) is 0 Å². The maximum Gasteiger partial charge on any atom is 0.305 e. The molecule has 2 amide bonds. The molecule has 3 atom stereocenters. The van der Waals surface area contributed by atoms with Crippen LogP contribution in [0.3, 0.4) is 0 Å². The highest BCUT2D eigenvalue weighted by Gasteiger charge is 2.32. The molecule has 0 aromatic carbocycles. The van der Waals surface area contributed by atoms with Crippen molar-refractivity contribution < 1.29 is 24.2 Å². The average Bonchev–Trinajstić information content (AvgIpc) is 3.30. The molecule has 186 valence electrons. The van der Waals surface area contributed by atoms with Crippen molar-refractivity contribution in [2.24, 2.45) is 11.8 Å². The number of rotatable bonds is 5. The first-order valence-electron chi connectivity index (χ1n) is 13.1. The number of nitrogens with one attached hydrogen (secondary N) is 1. The zero-order valence-electron chi connectivity index (χ0n) is 20.0. The zero-order chi connectivity index (χ0) is 23.5. The monoisotopic (exact) mass is 462 g/mol. The van der Waals surface area contributed by atoms with Gasteiger partial charge in [0, 0.05) is 19.4 Å². The molecule has 0 aromatic heterocycles. The van der Waals surface area contributed by atoms with E-state index in [0.717, 1.165) is 51.4 Å². The predicted octanol–water partition coefficient (Wildman–Crippen LogP) is 3.49. The van der Waals surface area contributed by atoms with Gasteiger partial charge in [-0.1, -0.05) is 44.3 Å². The molecule has 3 aliphatic rings. The molecule has 1 saturated heterocycles.